The highest BCUT2D eigenvalue weighted by atomic mass is 16.5. The van der Waals surface area contributed by atoms with Crippen LogP contribution in [0.5, 0.6) is 11.5 Å². The van der Waals surface area contributed by atoms with E-state index in [-0.39, 0.29) is 0 Å². The molecule has 0 amide bonds. The molecule has 0 unspecified atom stereocenters. The van der Waals surface area contributed by atoms with Crippen LogP contribution in [0.25, 0.3) is 10.9 Å². The van der Waals surface area contributed by atoms with E-state index in [2.05, 4.69) is 16.5 Å². The molecule has 4 heteroatoms. The molecule has 3 aromatic rings. The second-order valence-electron chi connectivity index (χ2n) is 4.57. The number of benzene rings is 1. The van der Waals surface area contributed by atoms with E-state index in [0.29, 0.717) is 12.4 Å². The molecule has 0 saturated heterocycles. The predicted octanol–water partition coefficient (Wildman–Crippen LogP) is 3.34. The third kappa shape index (κ3) is 2.20. The minimum atomic E-state index is 0.303. The highest BCUT2D eigenvalue weighted by Crippen LogP contribution is 2.28. The summed E-state index contributed by atoms with van der Waals surface area (Å²) in [5.41, 5.74) is 2.06. The molecule has 0 bridgehead atoms. The Bertz CT molecular complexity index is 720. The Morgan fingerprint density at radius 2 is 2.15 bits per heavy atom. The first-order valence-corrected chi connectivity index (χ1v) is 6.62. The zero-order valence-electron chi connectivity index (χ0n) is 11.3. The zero-order valence-corrected chi connectivity index (χ0v) is 11.3. The van der Waals surface area contributed by atoms with Crippen LogP contribution in [0.3, 0.4) is 0 Å². The van der Waals surface area contributed by atoms with Crippen molar-refractivity contribution in [2.75, 3.05) is 0 Å². The van der Waals surface area contributed by atoms with E-state index in [0.717, 1.165) is 28.9 Å². The Morgan fingerprint density at radius 3 is 2.90 bits per heavy atom. The highest BCUT2D eigenvalue weighted by molar-refractivity contribution is 5.87. The number of fused-ring (bicyclic) bond motifs is 1. The molecular formula is C16H16N2O2. The Kier molecular flexibility index (Phi) is 3.29. The Morgan fingerprint density at radius 1 is 1.25 bits per heavy atom. The molecule has 2 aromatic heterocycles. The quantitative estimate of drug-likeness (QED) is 0.789. The summed E-state index contributed by atoms with van der Waals surface area (Å²) in [6.45, 7) is 3.36. The molecule has 2 heterocycles. The maximum absolute atomic E-state index is 9.93. The fourth-order valence-corrected chi connectivity index (χ4v) is 2.41. The van der Waals surface area contributed by atoms with Crippen LogP contribution in [0.2, 0.25) is 0 Å². The van der Waals surface area contributed by atoms with E-state index in [1.807, 2.05) is 30.3 Å². The lowest BCUT2D eigenvalue weighted by Gasteiger charge is -2.09. The number of phenols is 1. The van der Waals surface area contributed by atoms with Gasteiger partial charge in [-0.2, -0.15) is 0 Å². The summed E-state index contributed by atoms with van der Waals surface area (Å²) in [6.07, 6.45) is 3.41. The summed E-state index contributed by atoms with van der Waals surface area (Å²) in [7, 11) is 0. The fourth-order valence-electron chi connectivity index (χ4n) is 2.41. The second-order valence-corrected chi connectivity index (χ2v) is 4.57. The molecule has 102 valence electrons. The number of rotatable bonds is 4. The first-order valence-electron chi connectivity index (χ1n) is 6.62. The van der Waals surface area contributed by atoms with Crippen LogP contribution in [0.4, 0.5) is 0 Å². The summed E-state index contributed by atoms with van der Waals surface area (Å²) >= 11 is 0. The van der Waals surface area contributed by atoms with E-state index in [1.165, 1.54) is 0 Å². The van der Waals surface area contributed by atoms with Crippen molar-refractivity contribution < 1.29 is 9.84 Å². The average molecular weight is 268 g/mol. The van der Waals surface area contributed by atoms with E-state index < -0.39 is 0 Å². The van der Waals surface area contributed by atoms with E-state index >= 15 is 0 Å². The summed E-state index contributed by atoms with van der Waals surface area (Å²) in [4.78, 5) is 4.02. The monoisotopic (exact) mass is 268 g/mol. The first kappa shape index (κ1) is 12.5. The fraction of sp³-hybridized carbons (Fsp3) is 0.188. The van der Waals surface area contributed by atoms with Crippen molar-refractivity contribution in [3.8, 4) is 11.5 Å². The summed E-state index contributed by atoms with van der Waals surface area (Å²) in [5.74, 6) is 1.04. The molecule has 0 fully saturated rings. The maximum Gasteiger partial charge on any atom is 0.138 e. The van der Waals surface area contributed by atoms with Crippen molar-refractivity contribution >= 4 is 10.9 Å². The van der Waals surface area contributed by atoms with Gasteiger partial charge in [-0.25, -0.2) is 0 Å². The van der Waals surface area contributed by atoms with E-state index in [9.17, 15) is 5.11 Å². The number of hydrogen-bond donors (Lipinski definition) is 1. The van der Waals surface area contributed by atoms with Gasteiger partial charge in [0.1, 0.15) is 18.1 Å². The van der Waals surface area contributed by atoms with Gasteiger partial charge in [-0.3, -0.25) is 4.98 Å². The van der Waals surface area contributed by atoms with Crippen molar-refractivity contribution in [2.45, 2.75) is 20.1 Å². The summed E-state index contributed by atoms with van der Waals surface area (Å²) in [6, 6.07) is 11.3. The number of nitrogens with zero attached hydrogens (tertiary/aromatic N) is 2. The van der Waals surface area contributed by atoms with Gasteiger partial charge in [-0.05, 0) is 37.3 Å². The molecule has 0 atom stereocenters. The van der Waals surface area contributed by atoms with Crippen molar-refractivity contribution in [2.24, 2.45) is 0 Å². The van der Waals surface area contributed by atoms with Crippen LogP contribution in [-0.2, 0) is 13.2 Å². The SMILES string of the molecule is CCn1c(COc2cccnc2)cc2c(O)cccc21. The van der Waals surface area contributed by atoms with Crippen molar-refractivity contribution in [3.05, 3.63) is 54.5 Å². The molecule has 20 heavy (non-hydrogen) atoms. The number of pyridine rings is 1. The molecule has 0 aliphatic carbocycles. The Labute approximate surface area is 117 Å². The van der Waals surface area contributed by atoms with Crippen LogP contribution in [0, 0.1) is 0 Å². The van der Waals surface area contributed by atoms with Gasteiger partial charge in [0.25, 0.3) is 0 Å². The van der Waals surface area contributed by atoms with E-state index in [4.69, 9.17) is 4.74 Å². The van der Waals surface area contributed by atoms with Gasteiger partial charge in [0.05, 0.1) is 17.4 Å². The Balaban J connectivity index is 1.93. The van der Waals surface area contributed by atoms with Crippen molar-refractivity contribution in [1.29, 1.82) is 0 Å². The minimum Gasteiger partial charge on any atom is -0.507 e. The molecule has 0 spiro atoms. The topological polar surface area (TPSA) is 47.3 Å². The molecular weight excluding hydrogens is 252 g/mol. The normalized spacial score (nSPS) is 10.8. The summed E-state index contributed by atoms with van der Waals surface area (Å²) in [5, 5.41) is 10.8. The van der Waals surface area contributed by atoms with Gasteiger partial charge in [-0.15, -0.1) is 0 Å². The molecule has 0 aliphatic heterocycles. The van der Waals surface area contributed by atoms with Crippen LogP contribution in [0.1, 0.15) is 12.6 Å². The Hall–Kier alpha value is -2.49. The number of aromatic nitrogens is 2. The lowest BCUT2D eigenvalue weighted by atomic mass is 10.2. The molecule has 4 nitrogen and oxygen atoms in total. The van der Waals surface area contributed by atoms with Crippen molar-refractivity contribution in [3.63, 3.8) is 0 Å². The van der Waals surface area contributed by atoms with Gasteiger partial charge in [0.15, 0.2) is 0 Å². The average Bonchev–Trinajstić information content (AvgIpc) is 2.85. The van der Waals surface area contributed by atoms with Gasteiger partial charge in [-0.1, -0.05) is 6.07 Å². The van der Waals surface area contributed by atoms with Crippen LogP contribution in [0.15, 0.2) is 48.8 Å². The highest BCUT2D eigenvalue weighted by Gasteiger charge is 2.10. The van der Waals surface area contributed by atoms with Crippen molar-refractivity contribution in [1.82, 2.24) is 9.55 Å². The summed E-state index contributed by atoms with van der Waals surface area (Å²) < 4.78 is 7.88. The lowest BCUT2D eigenvalue weighted by molar-refractivity contribution is 0.295. The first-order chi connectivity index (χ1) is 9.79. The molecule has 0 aliphatic rings. The minimum absolute atomic E-state index is 0.303. The number of aromatic hydroxyl groups is 1. The predicted molar refractivity (Wildman–Crippen MR) is 77.8 cm³/mol. The molecule has 1 aromatic carbocycles. The van der Waals surface area contributed by atoms with Crippen LogP contribution < -0.4 is 4.74 Å². The van der Waals surface area contributed by atoms with Crippen LogP contribution >= 0.6 is 0 Å². The smallest absolute Gasteiger partial charge is 0.138 e. The van der Waals surface area contributed by atoms with Crippen LogP contribution in [-0.4, -0.2) is 14.7 Å². The number of ether oxygens (including phenoxy) is 1. The molecule has 3 rings (SSSR count). The van der Waals surface area contributed by atoms with Gasteiger partial charge in [0, 0.05) is 18.1 Å². The largest absolute Gasteiger partial charge is 0.507 e. The van der Waals surface area contributed by atoms with E-state index in [1.54, 1.807) is 18.5 Å². The number of aryl methyl sites for hydroxylation is 1. The second kappa shape index (κ2) is 5.25. The molecule has 0 radical (unpaired) electrons. The molecule has 0 saturated carbocycles. The third-order valence-corrected chi connectivity index (χ3v) is 3.35. The number of hydrogen-bond acceptors (Lipinski definition) is 3. The van der Waals surface area contributed by atoms with Gasteiger partial charge < -0.3 is 14.4 Å². The lowest BCUT2D eigenvalue weighted by Crippen LogP contribution is -2.04. The maximum atomic E-state index is 9.93. The van der Waals surface area contributed by atoms with Gasteiger partial charge in [0.2, 0.25) is 0 Å². The number of phenolic OH excluding ortho intramolecular Hbond substituents is 1. The third-order valence-electron chi connectivity index (χ3n) is 3.35. The zero-order chi connectivity index (χ0) is 13.9. The molecule has 1 N–H and O–H groups in total. The standard InChI is InChI=1S/C16H16N2O2/c1-2-18-12(11-20-13-5-4-8-17-10-13)9-14-15(18)6-3-7-16(14)19/h3-10,19H,2,11H2,1H3. The van der Waals surface area contributed by atoms with Gasteiger partial charge >= 0.3 is 0 Å².